The topological polar surface area (TPSA) is 62.7 Å². The Morgan fingerprint density at radius 1 is 1.24 bits per heavy atom. The predicted molar refractivity (Wildman–Crippen MR) is 67.3 cm³/mol. The number of ether oxygens (including phenoxy) is 2. The summed E-state index contributed by atoms with van der Waals surface area (Å²) in [6, 6.07) is 5.98. The SMILES string of the molecule is COc1cc(C)ccc1OCC[NH2+]CCC[NH3+]. The van der Waals surface area contributed by atoms with Gasteiger partial charge in [-0.05, 0) is 24.6 Å². The third-order valence-electron chi connectivity index (χ3n) is 2.56. The molecule has 0 unspecified atom stereocenters. The van der Waals surface area contributed by atoms with E-state index < -0.39 is 0 Å². The fraction of sp³-hybridized carbons (Fsp3) is 0.538. The van der Waals surface area contributed by atoms with Gasteiger partial charge < -0.3 is 20.5 Å². The first-order valence-corrected chi connectivity index (χ1v) is 6.16. The Hall–Kier alpha value is -1.26. The molecule has 17 heavy (non-hydrogen) atoms. The number of methoxy groups -OCH3 is 1. The zero-order chi connectivity index (χ0) is 12.5. The molecule has 0 aromatic heterocycles. The van der Waals surface area contributed by atoms with E-state index in [9.17, 15) is 0 Å². The van der Waals surface area contributed by atoms with E-state index in [1.165, 1.54) is 5.56 Å². The van der Waals surface area contributed by atoms with E-state index in [0.29, 0.717) is 6.61 Å². The largest absolute Gasteiger partial charge is 0.493 e. The molecule has 0 bridgehead atoms. The molecule has 4 heteroatoms. The molecule has 0 radical (unpaired) electrons. The monoisotopic (exact) mass is 240 g/mol. The summed E-state index contributed by atoms with van der Waals surface area (Å²) in [6.45, 7) is 5.84. The van der Waals surface area contributed by atoms with Gasteiger partial charge in [-0.15, -0.1) is 0 Å². The van der Waals surface area contributed by atoms with Crippen molar-refractivity contribution in [2.75, 3.05) is 33.4 Å². The summed E-state index contributed by atoms with van der Waals surface area (Å²) in [6.07, 6.45) is 1.16. The highest BCUT2D eigenvalue weighted by atomic mass is 16.5. The van der Waals surface area contributed by atoms with E-state index in [4.69, 9.17) is 9.47 Å². The molecule has 0 aliphatic carbocycles. The summed E-state index contributed by atoms with van der Waals surface area (Å²) in [4.78, 5) is 0. The van der Waals surface area contributed by atoms with E-state index >= 15 is 0 Å². The predicted octanol–water partition coefficient (Wildman–Crippen LogP) is -0.422. The first-order valence-electron chi connectivity index (χ1n) is 6.16. The highest BCUT2D eigenvalue weighted by Gasteiger charge is 2.04. The van der Waals surface area contributed by atoms with Crippen LogP contribution in [-0.4, -0.2) is 33.4 Å². The summed E-state index contributed by atoms with van der Waals surface area (Å²) in [5.74, 6) is 1.63. The highest BCUT2D eigenvalue weighted by molar-refractivity contribution is 5.42. The zero-order valence-electron chi connectivity index (χ0n) is 10.9. The van der Waals surface area contributed by atoms with Gasteiger partial charge in [0.2, 0.25) is 0 Å². The van der Waals surface area contributed by atoms with Gasteiger partial charge in [0.15, 0.2) is 11.5 Å². The Morgan fingerprint density at radius 3 is 2.76 bits per heavy atom. The molecule has 96 valence electrons. The number of hydrogen-bond donors (Lipinski definition) is 2. The van der Waals surface area contributed by atoms with E-state index in [2.05, 4.69) is 11.1 Å². The Kier molecular flexibility index (Phi) is 6.43. The van der Waals surface area contributed by atoms with Crippen molar-refractivity contribution in [3.63, 3.8) is 0 Å². The molecular formula is C13H24N2O2+2. The van der Waals surface area contributed by atoms with Crippen molar-refractivity contribution in [3.8, 4) is 11.5 Å². The number of hydrogen-bond acceptors (Lipinski definition) is 2. The van der Waals surface area contributed by atoms with Gasteiger partial charge in [-0.2, -0.15) is 0 Å². The van der Waals surface area contributed by atoms with Crippen molar-refractivity contribution < 1.29 is 20.5 Å². The summed E-state index contributed by atoms with van der Waals surface area (Å²) in [5, 5.41) is 2.26. The number of aryl methyl sites for hydroxylation is 1. The smallest absolute Gasteiger partial charge is 0.161 e. The Labute approximate surface area is 103 Å². The highest BCUT2D eigenvalue weighted by Crippen LogP contribution is 2.27. The molecule has 0 spiro atoms. The van der Waals surface area contributed by atoms with Crippen LogP contribution in [-0.2, 0) is 0 Å². The van der Waals surface area contributed by atoms with Crippen LogP contribution in [0, 0.1) is 6.92 Å². The molecule has 5 N–H and O–H groups in total. The Balaban J connectivity index is 2.31. The third kappa shape index (κ3) is 5.06. The van der Waals surface area contributed by atoms with Crippen molar-refractivity contribution in [3.05, 3.63) is 23.8 Å². The molecule has 0 heterocycles. The van der Waals surface area contributed by atoms with Gasteiger partial charge in [-0.1, -0.05) is 6.07 Å². The van der Waals surface area contributed by atoms with Crippen molar-refractivity contribution in [2.24, 2.45) is 0 Å². The van der Waals surface area contributed by atoms with E-state index in [1.54, 1.807) is 7.11 Å². The summed E-state index contributed by atoms with van der Waals surface area (Å²) >= 11 is 0. The molecule has 0 saturated heterocycles. The second-order valence-corrected chi connectivity index (χ2v) is 4.08. The van der Waals surface area contributed by atoms with Crippen LogP contribution in [0.25, 0.3) is 0 Å². The molecule has 1 aromatic rings. The second kappa shape index (κ2) is 7.92. The maximum absolute atomic E-state index is 5.69. The lowest BCUT2D eigenvalue weighted by molar-refractivity contribution is -0.657. The normalized spacial score (nSPS) is 10.3. The molecule has 0 saturated carbocycles. The van der Waals surface area contributed by atoms with E-state index in [1.807, 2.05) is 25.1 Å². The lowest BCUT2D eigenvalue weighted by atomic mass is 10.2. The van der Waals surface area contributed by atoms with Crippen LogP contribution in [0.1, 0.15) is 12.0 Å². The average molecular weight is 240 g/mol. The summed E-state index contributed by atoms with van der Waals surface area (Å²) in [7, 11) is 1.67. The van der Waals surface area contributed by atoms with Crippen LogP contribution in [0.5, 0.6) is 11.5 Å². The number of quaternary nitrogens is 2. The molecule has 0 amide bonds. The van der Waals surface area contributed by atoms with Gasteiger partial charge in [0.05, 0.1) is 20.2 Å². The fourth-order valence-corrected chi connectivity index (χ4v) is 1.58. The van der Waals surface area contributed by atoms with Gasteiger partial charge in [0.25, 0.3) is 0 Å². The van der Waals surface area contributed by atoms with Crippen molar-refractivity contribution >= 4 is 0 Å². The molecular weight excluding hydrogens is 216 g/mol. The van der Waals surface area contributed by atoms with Gasteiger partial charge in [-0.25, -0.2) is 0 Å². The number of nitrogens with two attached hydrogens (primary N) is 1. The lowest BCUT2D eigenvalue weighted by Crippen LogP contribution is -2.85. The minimum absolute atomic E-state index is 0.705. The first kappa shape index (κ1) is 13.8. The molecule has 0 aliphatic heterocycles. The van der Waals surface area contributed by atoms with E-state index in [-0.39, 0.29) is 0 Å². The number of benzene rings is 1. The van der Waals surface area contributed by atoms with Crippen molar-refractivity contribution in [2.45, 2.75) is 13.3 Å². The van der Waals surface area contributed by atoms with Crippen LogP contribution in [0.15, 0.2) is 18.2 Å². The van der Waals surface area contributed by atoms with Crippen LogP contribution in [0.4, 0.5) is 0 Å². The average Bonchev–Trinajstić information content (AvgIpc) is 2.35. The van der Waals surface area contributed by atoms with Crippen LogP contribution in [0.2, 0.25) is 0 Å². The van der Waals surface area contributed by atoms with Crippen LogP contribution >= 0.6 is 0 Å². The quantitative estimate of drug-likeness (QED) is 0.606. The second-order valence-electron chi connectivity index (χ2n) is 4.08. The van der Waals surface area contributed by atoms with Gasteiger partial charge in [0.1, 0.15) is 13.2 Å². The third-order valence-corrected chi connectivity index (χ3v) is 2.56. The Morgan fingerprint density at radius 2 is 2.06 bits per heavy atom. The van der Waals surface area contributed by atoms with Gasteiger partial charge in [0, 0.05) is 6.42 Å². The zero-order valence-corrected chi connectivity index (χ0v) is 10.9. The van der Waals surface area contributed by atoms with Crippen molar-refractivity contribution in [1.82, 2.24) is 0 Å². The van der Waals surface area contributed by atoms with Gasteiger partial charge in [-0.3, -0.25) is 0 Å². The van der Waals surface area contributed by atoms with Crippen LogP contribution in [0.3, 0.4) is 0 Å². The molecule has 1 aromatic carbocycles. The minimum atomic E-state index is 0.705. The van der Waals surface area contributed by atoms with Gasteiger partial charge >= 0.3 is 0 Å². The standard InChI is InChI=1S/C13H22N2O2/c1-11-4-5-12(13(10-11)16-2)17-9-8-15-7-3-6-14/h4-5,10,15H,3,6-9,14H2,1-2H3/p+2. The lowest BCUT2D eigenvalue weighted by Gasteiger charge is -2.10. The first-order chi connectivity index (χ1) is 8.27. The summed E-state index contributed by atoms with van der Waals surface area (Å²) < 4.78 is 11.0. The summed E-state index contributed by atoms with van der Waals surface area (Å²) in [5.41, 5.74) is 4.99. The fourth-order valence-electron chi connectivity index (χ4n) is 1.58. The molecule has 1 rings (SSSR count). The Bertz CT molecular complexity index is 329. The molecule has 0 atom stereocenters. The van der Waals surface area contributed by atoms with Crippen LogP contribution < -0.4 is 20.5 Å². The van der Waals surface area contributed by atoms with E-state index in [0.717, 1.165) is 37.6 Å². The molecule has 4 nitrogen and oxygen atoms in total. The molecule has 0 fully saturated rings. The molecule has 0 aliphatic rings. The maximum atomic E-state index is 5.69. The number of rotatable bonds is 8. The maximum Gasteiger partial charge on any atom is 0.161 e. The minimum Gasteiger partial charge on any atom is -0.493 e. The van der Waals surface area contributed by atoms with Crippen molar-refractivity contribution in [1.29, 1.82) is 0 Å².